The molecule has 0 radical (unpaired) electrons. The second-order valence-corrected chi connectivity index (χ2v) is 8.68. The highest BCUT2D eigenvalue weighted by atomic mass is 79.9. The number of anilines is 1. The number of amides is 1. The summed E-state index contributed by atoms with van der Waals surface area (Å²) in [5.41, 5.74) is 1.63. The molecule has 0 atom stereocenters. The van der Waals surface area contributed by atoms with Crippen molar-refractivity contribution in [3.63, 3.8) is 0 Å². The van der Waals surface area contributed by atoms with Crippen LogP contribution in [0.4, 0.5) is 5.69 Å². The van der Waals surface area contributed by atoms with Crippen molar-refractivity contribution >= 4 is 56.0 Å². The molecular weight excluding hydrogens is 466 g/mol. The van der Waals surface area contributed by atoms with Gasteiger partial charge in [0.1, 0.15) is 0 Å². The summed E-state index contributed by atoms with van der Waals surface area (Å²) in [7, 11) is 0. The number of rotatable bonds is 8. The smallest absolute Gasteiger partial charge is 0.262 e. The van der Waals surface area contributed by atoms with Gasteiger partial charge in [-0.15, -0.1) is 0 Å². The van der Waals surface area contributed by atoms with Crippen LogP contribution in [0.25, 0.3) is 10.9 Å². The van der Waals surface area contributed by atoms with Crippen LogP contribution in [0, 0.1) is 0 Å². The lowest BCUT2D eigenvalue weighted by atomic mass is 10.1. The Hall–Kier alpha value is -2.45. The number of hydrogen-bond donors (Lipinski definition) is 1. The van der Waals surface area contributed by atoms with Gasteiger partial charge < -0.3 is 5.32 Å². The van der Waals surface area contributed by atoms with E-state index in [1.807, 2.05) is 19.1 Å². The maximum Gasteiger partial charge on any atom is 0.262 e. The monoisotopic (exact) mass is 487 g/mol. The SMILES string of the molecule is CCn1c(SCCCC(=O)Nc2ccccc2C(C)=O)nc2ccc(Br)cc2c1=O. The standard InChI is InChI=1S/C22H22BrN3O3S/c1-3-26-21(29)17-13-15(23)10-11-19(17)25-22(26)30-12-6-9-20(28)24-18-8-5-4-7-16(18)14(2)27/h4-5,7-8,10-11,13H,3,6,9,12H2,1-2H3,(H,24,28). The molecule has 0 bridgehead atoms. The largest absolute Gasteiger partial charge is 0.325 e. The molecule has 30 heavy (non-hydrogen) atoms. The highest BCUT2D eigenvalue weighted by Gasteiger charge is 2.12. The Kier molecular flexibility index (Phi) is 7.44. The molecule has 2 aromatic carbocycles. The fourth-order valence-corrected chi connectivity index (χ4v) is 4.43. The maximum absolute atomic E-state index is 12.8. The molecule has 1 amide bonds. The fraction of sp³-hybridized carbons (Fsp3) is 0.273. The molecule has 156 valence electrons. The van der Waals surface area contributed by atoms with Gasteiger partial charge in [-0.3, -0.25) is 19.0 Å². The quantitative estimate of drug-likeness (QED) is 0.211. The van der Waals surface area contributed by atoms with Crippen LogP contribution in [-0.2, 0) is 11.3 Å². The zero-order chi connectivity index (χ0) is 21.7. The van der Waals surface area contributed by atoms with E-state index < -0.39 is 0 Å². The van der Waals surface area contributed by atoms with Gasteiger partial charge >= 0.3 is 0 Å². The lowest BCUT2D eigenvalue weighted by molar-refractivity contribution is -0.116. The molecule has 0 aliphatic carbocycles. The second-order valence-electron chi connectivity index (χ2n) is 6.71. The number of thioether (sulfide) groups is 1. The molecule has 8 heteroatoms. The van der Waals surface area contributed by atoms with E-state index in [0.717, 1.165) is 4.47 Å². The van der Waals surface area contributed by atoms with Gasteiger partial charge in [0.05, 0.1) is 16.6 Å². The van der Waals surface area contributed by atoms with E-state index in [1.165, 1.54) is 18.7 Å². The Morgan fingerprint density at radius 1 is 1.20 bits per heavy atom. The first-order valence-electron chi connectivity index (χ1n) is 9.63. The van der Waals surface area contributed by atoms with Crippen LogP contribution < -0.4 is 10.9 Å². The van der Waals surface area contributed by atoms with Gasteiger partial charge in [0.2, 0.25) is 5.91 Å². The number of nitrogens with zero attached hydrogens (tertiary/aromatic N) is 2. The number of Topliss-reactive ketones (excluding diaryl/α,β-unsaturated/α-hetero) is 1. The third-order valence-corrected chi connectivity index (χ3v) is 6.11. The van der Waals surface area contributed by atoms with Gasteiger partial charge in [-0.1, -0.05) is 39.8 Å². The number of halogens is 1. The number of carbonyl (C=O) groups is 2. The zero-order valence-electron chi connectivity index (χ0n) is 16.8. The summed E-state index contributed by atoms with van der Waals surface area (Å²) in [6.45, 7) is 3.92. The molecular formula is C22H22BrN3O3S. The van der Waals surface area contributed by atoms with Gasteiger partial charge in [0.25, 0.3) is 5.56 Å². The van der Waals surface area contributed by atoms with Crippen LogP contribution in [0.1, 0.15) is 37.0 Å². The average molecular weight is 488 g/mol. The van der Waals surface area contributed by atoms with Crippen molar-refractivity contribution in [1.29, 1.82) is 0 Å². The Morgan fingerprint density at radius 2 is 1.97 bits per heavy atom. The summed E-state index contributed by atoms with van der Waals surface area (Å²) in [6.07, 6.45) is 0.937. The zero-order valence-corrected chi connectivity index (χ0v) is 19.2. The Morgan fingerprint density at radius 3 is 2.70 bits per heavy atom. The van der Waals surface area contributed by atoms with E-state index in [-0.39, 0.29) is 17.2 Å². The highest BCUT2D eigenvalue weighted by Crippen LogP contribution is 2.22. The molecule has 3 aromatic rings. The normalized spacial score (nSPS) is 10.9. The van der Waals surface area contributed by atoms with Crippen molar-refractivity contribution < 1.29 is 9.59 Å². The summed E-state index contributed by atoms with van der Waals surface area (Å²) in [4.78, 5) is 41.3. The summed E-state index contributed by atoms with van der Waals surface area (Å²) in [5.74, 6) is 0.415. The molecule has 0 aliphatic heterocycles. The van der Waals surface area contributed by atoms with Crippen LogP contribution in [0.2, 0.25) is 0 Å². The number of aromatic nitrogens is 2. The number of nitrogens with one attached hydrogen (secondary N) is 1. The lowest BCUT2D eigenvalue weighted by Gasteiger charge is -2.11. The fourth-order valence-electron chi connectivity index (χ4n) is 3.07. The predicted molar refractivity (Wildman–Crippen MR) is 124 cm³/mol. The van der Waals surface area contributed by atoms with Gasteiger partial charge in [-0.05, 0) is 50.6 Å². The van der Waals surface area contributed by atoms with E-state index in [0.29, 0.717) is 52.4 Å². The van der Waals surface area contributed by atoms with Crippen LogP contribution in [-0.4, -0.2) is 27.0 Å². The van der Waals surface area contributed by atoms with Crippen LogP contribution in [0.3, 0.4) is 0 Å². The molecule has 0 fully saturated rings. The van der Waals surface area contributed by atoms with Crippen molar-refractivity contribution in [2.75, 3.05) is 11.1 Å². The first kappa shape index (κ1) is 22.2. The third-order valence-electron chi connectivity index (χ3n) is 4.56. The Labute approximate surface area is 187 Å². The third kappa shape index (κ3) is 5.17. The molecule has 6 nitrogen and oxygen atoms in total. The molecule has 0 unspecified atom stereocenters. The van der Waals surface area contributed by atoms with E-state index in [4.69, 9.17) is 0 Å². The minimum atomic E-state index is -0.145. The molecule has 1 heterocycles. The van der Waals surface area contributed by atoms with E-state index >= 15 is 0 Å². The Bertz CT molecular complexity index is 1160. The van der Waals surface area contributed by atoms with Crippen molar-refractivity contribution in [3.8, 4) is 0 Å². The first-order valence-corrected chi connectivity index (χ1v) is 11.4. The highest BCUT2D eigenvalue weighted by molar-refractivity contribution is 9.10. The second kappa shape index (κ2) is 10.0. The molecule has 1 N–H and O–H groups in total. The van der Waals surface area contributed by atoms with Crippen molar-refractivity contribution in [2.24, 2.45) is 0 Å². The molecule has 3 rings (SSSR count). The van der Waals surface area contributed by atoms with Crippen LogP contribution in [0.15, 0.2) is 56.9 Å². The van der Waals surface area contributed by atoms with E-state index in [1.54, 1.807) is 34.9 Å². The summed E-state index contributed by atoms with van der Waals surface area (Å²) >= 11 is 4.86. The van der Waals surface area contributed by atoms with Gasteiger partial charge in [0, 0.05) is 28.8 Å². The van der Waals surface area contributed by atoms with Gasteiger partial charge in [-0.25, -0.2) is 4.98 Å². The molecule has 1 aromatic heterocycles. The van der Waals surface area contributed by atoms with E-state index in [9.17, 15) is 14.4 Å². The summed E-state index contributed by atoms with van der Waals surface area (Å²) in [6, 6.07) is 12.4. The van der Waals surface area contributed by atoms with Gasteiger partial charge in [0.15, 0.2) is 10.9 Å². The molecule has 0 aliphatic rings. The summed E-state index contributed by atoms with van der Waals surface area (Å²) < 4.78 is 2.50. The van der Waals surface area contributed by atoms with E-state index in [2.05, 4.69) is 26.2 Å². The predicted octanol–water partition coefficient (Wildman–Crippen LogP) is 4.89. The number of ketones is 1. The summed E-state index contributed by atoms with van der Waals surface area (Å²) in [5, 5.41) is 4.04. The minimum absolute atomic E-state index is 0.0649. The number of benzene rings is 2. The average Bonchev–Trinajstić information content (AvgIpc) is 2.72. The maximum atomic E-state index is 12.8. The van der Waals surface area contributed by atoms with Gasteiger partial charge in [-0.2, -0.15) is 0 Å². The number of para-hydroxylation sites is 1. The van der Waals surface area contributed by atoms with Crippen molar-refractivity contribution in [1.82, 2.24) is 9.55 Å². The minimum Gasteiger partial charge on any atom is -0.325 e. The Balaban J connectivity index is 1.62. The topological polar surface area (TPSA) is 81.1 Å². The molecule has 0 saturated heterocycles. The first-order chi connectivity index (χ1) is 14.4. The van der Waals surface area contributed by atoms with Crippen LogP contribution in [0.5, 0.6) is 0 Å². The van der Waals surface area contributed by atoms with Crippen molar-refractivity contribution in [3.05, 3.63) is 62.9 Å². The molecule has 0 saturated carbocycles. The lowest BCUT2D eigenvalue weighted by Crippen LogP contribution is -2.22. The molecule has 0 spiro atoms. The van der Waals surface area contributed by atoms with Crippen LogP contribution >= 0.6 is 27.7 Å². The number of hydrogen-bond acceptors (Lipinski definition) is 5. The van der Waals surface area contributed by atoms with Crippen molar-refractivity contribution in [2.45, 2.75) is 38.4 Å². The number of fused-ring (bicyclic) bond motifs is 1. The number of carbonyl (C=O) groups excluding carboxylic acids is 2.